The zero-order valence-electron chi connectivity index (χ0n) is 12.9. The van der Waals surface area contributed by atoms with E-state index in [0.717, 1.165) is 11.3 Å². The number of hydrogen-bond donors (Lipinski definition) is 1. The number of carbonyl (C=O) groups excluding carboxylic acids is 1. The fraction of sp³-hybridized carbons (Fsp3) is 0.438. The number of nitrogens with zero attached hydrogens (tertiary/aromatic N) is 2. The van der Waals surface area contributed by atoms with Crippen LogP contribution in [0.1, 0.15) is 19.4 Å². The summed E-state index contributed by atoms with van der Waals surface area (Å²) in [4.78, 5) is 15.6. The van der Waals surface area contributed by atoms with Crippen LogP contribution in [0.3, 0.4) is 0 Å². The number of aliphatic hydroxyl groups is 1. The number of anilines is 1. The summed E-state index contributed by atoms with van der Waals surface area (Å²) >= 11 is 0. The third kappa shape index (κ3) is 4.10. The zero-order valence-corrected chi connectivity index (χ0v) is 12.9. The smallest absolute Gasteiger partial charge is 0.246 e. The van der Waals surface area contributed by atoms with E-state index in [1.54, 1.807) is 13.1 Å². The molecule has 1 amide bonds. The Bertz CT molecular complexity index is 476. The minimum atomic E-state index is -0.559. The molecule has 0 saturated heterocycles. The predicted molar refractivity (Wildman–Crippen MR) is 83.7 cm³/mol. The highest BCUT2D eigenvalue weighted by Crippen LogP contribution is 2.15. The number of likely N-dealkylation sites (N-methyl/N-ethyl adjacent to an activating group) is 1. The highest BCUT2D eigenvalue weighted by Gasteiger charge is 2.25. The molecule has 0 atom stereocenters. The molecule has 0 aliphatic heterocycles. The molecule has 110 valence electrons. The molecule has 4 heteroatoms. The van der Waals surface area contributed by atoms with Crippen molar-refractivity contribution in [3.8, 4) is 0 Å². The molecule has 1 rings (SSSR count). The van der Waals surface area contributed by atoms with Crippen molar-refractivity contribution in [1.82, 2.24) is 4.90 Å². The molecule has 0 unspecified atom stereocenters. The molecule has 0 aliphatic rings. The van der Waals surface area contributed by atoms with Gasteiger partial charge in [-0.05, 0) is 37.6 Å². The quantitative estimate of drug-likeness (QED) is 0.837. The van der Waals surface area contributed by atoms with Crippen molar-refractivity contribution in [1.29, 1.82) is 0 Å². The molecule has 0 radical (unpaired) electrons. The normalized spacial score (nSPS) is 11.7. The monoisotopic (exact) mass is 276 g/mol. The Morgan fingerprint density at radius 2 is 1.75 bits per heavy atom. The first kappa shape index (κ1) is 16.2. The van der Waals surface area contributed by atoms with Gasteiger partial charge in [0.1, 0.15) is 0 Å². The molecule has 4 nitrogen and oxygen atoms in total. The molecule has 1 N–H and O–H groups in total. The van der Waals surface area contributed by atoms with E-state index >= 15 is 0 Å². The van der Waals surface area contributed by atoms with Gasteiger partial charge in [-0.2, -0.15) is 0 Å². The largest absolute Gasteiger partial charge is 0.394 e. The van der Waals surface area contributed by atoms with E-state index in [1.807, 2.05) is 57.1 Å². The lowest BCUT2D eigenvalue weighted by molar-refractivity contribution is -0.130. The van der Waals surface area contributed by atoms with Gasteiger partial charge in [-0.1, -0.05) is 12.1 Å². The molecule has 20 heavy (non-hydrogen) atoms. The van der Waals surface area contributed by atoms with Crippen molar-refractivity contribution in [2.24, 2.45) is 0 Å². The van der Waals surface area contributed by atoms with Crippen LogP contribution >= 0.6 is 0 Å². The molecule has 0 saturated carbocycles. The van der Waals surface area contributed by atoms with Crippen molar-refractivity contribution >= 4 is 17.7 Å². The standard InChI is InChI=1S/C16H24N2O2/c1-16(2,12-19)18(5)15(20)11-8-13-6-9-14(10-7-13)17(3)4/h6-11,19H,12H2,1-5H3/b11-8+. The van der Waals surface area contributed by atoms with E-state index in [1.165, 1.54) is 11.0 Å². The van der Waals surface area contributed by atoms with Crippen LogP contribution in [0.15, 0.2) is 30.3 Å². The Labute approximate surface area is 121 Å². The molecule has 1 aromatic carbocycles. The summed E-state index contributed by atoms with van der Waals surface area (Å²) in [5.74, 6) is -0.124. The maximum atomic E-state index is 12.0. The van der Waals surface area contributed by atoms with Gasteiger partial charge in [0, 0.05) is 32.9 Å². The van der Waals surface area contributed by atoms with Crippen LogP contribution < -0.4 is 4.90 Å². The van der Waals surface area contributed by atoms with Gasteiger partial charge < -0.3 is 14.9 Å². The highest BCUT2D eigenvalue weighted by atomic mass is 16.3. The molecule has 0 spiro atoms. The van der Waals surface area contributed by atoms with E-state index in [9.17, 15) is 9.90 Å². The van der Waals surface area contributed by atoms with Gasteiger partial charge in [0.25, 0.3) is 0 Å². The van der Waals surface area contributed by atoms with E-state index < -0.39 is 5.54 Å². The summed E-state index contributed by atoms with van der Waals surface area (Å²) < 4.78 is 0. The first-order valence-electron chi connectivity index (χ1n) is 6.62. The lowest BCUT2D eigenvalue weighted by Gasteiger charge is -2.33. The van der Waals surface area contributed by atoms with Crippen LogP contribution in [0.5, 0.6) is 0 Å². The van der Waals surface area contributed by atoms with E-state index in [-0.39, 0.29) is 12.5 Å². The molecular formula is C16H24N2O2. The summed E-state index contributed by atoms with van der Waals surface area (Å²) in [6.45, 7) is 3.58. The number of carbonyl (C=O) groups is 1. The van der Waals surface area contributed by atoms with Gasteiger partial charge in [0.15, 0.2) is 0 Å². The fourth-order valence-electron chi connectivity index (χ4n) is 1.57. The minimum absolute atomic E-state index is 0.0688. The minimum Gasteiger partial charge on any atom is -0.394 e. The second-order valence-electron chi connectivity index (χ2n) is 5.69. The van der Waals surface area contributed by atoms with Crippen molar-refractivity contribution in [2.45, 2.75) is 19.4 Å². The Hall–Kier alpha value is -1.81. The SMILES string of the molecule is CN(C)c1ccc(/C=C/C(=O)N(C)C(C)(C)CO)cc1. The third-order valence-electron chi connectivity index (χ3n) is 3.45. The maximum absolute atomic E-state index is 12.0. The molecule has 0 heterocycles. The fourth-order valence-corrected chi connectivity index (χ4v) is 1.57. The first-order valence-corrected chi connectivity index (χ1v) is 6.62. The van der Waals surface area contributed by atoms with Gasteiger partial charge in [-0.15, -0.1) is 0 Å². The van der Waals surface area contributed by atoms with Crippen LogP contribution in [0.25, 0.3) is 6.08 Å². The van der Waals surface area contributed by atoms with Crippen molar-refractivity contribution in [3.05, 3.63) is 35.9 Å². The van der Waals surface area contributed by atoms with Gasteiger partial charge in [0.2, 0.25) is 5.91 Å². The zero-order chi connectivity index (χ0) is 15.3. The Morgan fingerprint density at radius 3 is 2.20 bits per heavy atom. The van der Waals surface area contributed by atoms with E-state index in [0.29, 0.717) is 0 Å². The molecule has 0 fully saturated rings. The summed E-state index contributed by atoms with van der Waals surface area (Å²) in [6.07, 6.45) is 3.31. The Morgan fingerprint density at radius 1 is 1.20 bits per heavy atom. The average Bonchev–Trinajstić information content (AvgIpc) is 2.44. The molecule has 0 aliphatic carbocycles. The number of aliphatic hydroxyl groups excluding tert-OH is 1. The van der Waals surface area contributed by atoms with Crippen LogP contribution in [-0.4, -0.2) is 49.2 Å². The van der Waals surface area contributed by atoms with Crippen molar-refractivity contribution < 1.29 is 9.90 Å². The predicted octanol–water partition coefficient (Wildman–Crippen LogP) is 2.00. The van der Waals surface area contributed by atoms with Crippen molar-refractivity contribution in [2.75, 3.05) is 32.6 Å². The topological polar surface area (TPSA) is 43.8 Å². The van der Waals surface area contributed by atoms with Crippen LogP contribution in [-0.2, 0) is 4.79 Å². The number of hydrogen-bond acceptors (Lipinski definition) is 3. The summed E-state index contributed by atoms with van der Waals surface area (Å²) in [7, 11) is 5.67. The Kier molecular flexibility index (Phi) is 5.34. The second kappa shape index (κ2) is 6.57. The molecule has 0 aromatic heterocycles. The third-order valence-corrected chi connectivity index (χ3v) is 3.45. The number of rotatable bonds is 5. The van der Waals surface area contributed by atoms with Gasteiger partial charge in [-0.3, -0.25) is 4.79 Å². The van der Waals surface area contributed by atoms with Crippen LogP contribution in [0.4, 0.5) is 5.69 Å². The van der Waals surface area contributed by atoms with E-state index in [2.05, 4.69) is 0 Å². The number of amides is 1. The second-order valence-corrected chi connectivity index (χ2v) is 5.69. The summed E-state index contributed by atoms with van der Waals surface area (Å²) in [6, 6.07) is 7.95. The van der Waals surface area contributed by atoms with Gasteiger partial charge >= 0.3 is 0 Å². The van der Waals surface area contributed by atoms with Crippen LogP contribution in [0.2, 0.25) is 0 Å². The molecule has 0 bridgehead atoms. The summed E-state index contributed by atoms with van der Waals surface area (Å²) in [5.41, 5.74) is 1.53. The van der Waals surface area contributed by atoms with Gasteiger partial charge in [-0.25, -0.2) is 0 Å². The molecule has 1 aromatic rings. The average molecular weight is 276 g/mol. The Balaban J connectivity index is 2.75. The highest BCUT2D eigenvalue weighted by molar-refractivity contribution is 5.92. The van der Waals surface area contributed by atoms with Crippen LogP contribution in [0, 0.1) is 0 Å². The lowest BCUT2D eigenvalue weighted by Crippen LogP contribution is -2.47. The van der Waals surface area contributed by atoms with Crippen molar-refractivity contribution in [3.63, 3.8) is 0 Å². The maximum Gasteiger partial charge on any atom is 0.246 e. The van der Waals surface area contributed by atoms with E-state index in [4.69, 9.17) is 0 Å². The summed E-state index contributed by atoms with van der Waals surface area (Å²) in [5, 5.41) is 9.26. The molecular weight excluding hydrogens is 252 g/mol. The lowest BCUT2D eigenvalue weighted by atomic mass is 10.1. The first-order chi connectivity index (χ1) is 9.27. The van der Waals surface area contributed by atoms with Gasteiger partial charge in [0.05, 0.1) is 12.1 Å². The number of benzene rings is 1.